The van der Waals surface area contributed by atoms with E-state index in [2.05, 4.69) is 30.5 Å². The van der Waals surface area contributed by atoms with E-state index in [0.717, 1.165) is 37.8 Å². The highest BCUT2D eigenvalue weighted by Crippen LogP contribution is 2.25. The fraction of sp³-hybridized carbons (Fsp3) is 0.190. The molecular formula is C21H18N6O2S2. The summed E-state index contributed by atoms with van der Waals surface area (Å²) in [6.45, 7) is 1.97. The molecule has 3 heterocycles. The third-order valence-electron chi connectivity index (χ3n) is 4.57. The second-order valence-electron chi connectivity index (χ2n) is 6.91. The Morgan fingerprint density at radius 3 is 2.94 bits per heavy atom. The van der Waals surface area contributed by atoms with E-state index in [9.17, 15) is 4.79 Å². The lowest BCUT2D eigenvalue weighted by atomic mass is 10.3. The number of carbonyl (C=O) groups is 1. The Morgan fingerprint density at radius 1 is 1.13 bits per heavy atom. The summed E-state index contributed by atoms with van der Waals surface area (Å²) in [4.78, 5) is 24.6. The summed E-state index contributed by atoms with van der Waals surface area (Å²) in [5.74, 6) is 1.44. The first-order chi connectivity index (χ1) is 15.1. The van der Waals surface area contributed by atoms with Gasteiger partial charge in [0.25, 0.3) is 5.22 Å². The van der Waals surface area contributed by atoms with E-state index in [0.29, 0.717) is 24.0 Å². The fourth-order valence-corrected chi connectivity index (χ4v) is 4.58. The van der Waals surface area contributed by atoms with E-state index < -0.39 is 0 Å². The Morgan fingerprint density at radius 2 is 2.03 bits per heavy atom. The summed E-state index contributed by atoms with van der Waals surface area (Å²) < 4.78 is 6.75. The molecule has 0 aliphatic heterocycles. The number of fused-ring (bicyclic) bond motifs is 2. The first-order valence-corrected chi connectivity index (χ1v) is 11.5. The van der Waals surface area contributed by atoms with Crippen LogP contribution >= 0.6 is 23.1 Å². The topological polar surface area (TPSA) is 110 Å². The van der Waals surface area contributed by atoms with E-state index in [-0.39, 0.29) is 11.7 Å². The number of nitrogens with zero attached hydrogens (tertiary/aromatic N) is 4. The number of hydrogen-bond acceptors (Lipinski definition) is 8. The van der Waals surface area contributed by atoms with Gasteiger partial charge in [-0.1, -0.05) is 23.9 Å². The van der Waals surface area contributed by atoms with Gasteiger partial charge in [0.2, 0.25) is 11.8 Å². The molecule has 156 valence electrons. The smallest absolute Gasteiger partial charge is 0.277 e. The molecule has 0 bridgehead atoms. The van der Waals surface area contributed by atoms with Gasteiger partial charge < -0.3 is 14.7 Å². The number of hydrogen-bond donors (Lipinski definition) is 2. The number of H-pyrrole nitrogens is 1. The second-order valence-corrected chi connectivity index (χ2v) is 9.08. The average molecular weight is 451 g/mol. The molecule has 0 saturated heterocycles. The van der Waals surface area contributed by atoms with Crippen molar-refractivity contribution in [2.24, 2.45) is 0 Å². The Labute approximate surface area is 185 Å². The van der Waals surface area contributed by atoms with Gasteiger partial charge >= 0.3 is 0 Å². The van der Waals surface area contributed by atoms with E-state index in [1.807, 2.05) is 49.4 Å². The number of aromatic amines is 1. The van der Waals surface area contributed by atoms with Crippen molar-refractivity contribution in [2.75, 3.05) is 11.1 Å². The lowest BCUT2D eigenvalue weighted by Gasteiger charge is -2.03. The highest BCUT2D eigenvalue weighted by atomic mass is 32.2. The summed E-state index contributed by atoms with van der Waals surface area (Å²) in [7, 11) is 0. The van der Waals surface area contributed by atoms with Crippen molar-refractivity contribution in [1.29, 1.82) is 0 Å². The maximum absolute atomic E-state index is 12.3. The van der Waals surface area contributed by atoms with E-state index in [4.69, 9.17) is 4.42 Å². The molecule has 31 heavy (non-hydrogen) atoms. The van der Waals surface area contributed by atoms with Crippen LogP contribution in [0.2, 0.25) is 0 Å². The number of carbonyl (C=O) groups excluding carboxylic acids is 1. The number of nitrogens with one attached hydrogen (secondary N) is 2. The van der Waals surface area contributed by atoms with E-state index in [1.165, 1.54) is 11.8 Å². The number of imidazole rings is 1. The van der Waals surface area contributed by atoms with Crippen molar-refractivity contribution in [3.63, 3.8) is 0 Å². The second kappa shape index (κ2) is 8.48. The number of para-hydroxylation sites is 2. The van der Waals surface area contributed by atoms with Gasteiger partial charge in [-0.05, 0) is 37.3 Å². The maximum atomic E-state index is 12.3. The minimum atomic E-state index is -0.140. The molecule has 0 radical (unpaired) electrons. The quantitative estimate of drug-likeness (QED) is 0.354. The van der Waals surface area contributed by atoms with Crippen LogP contribution in [0.5, 0.6) is 0 Å². The molecule has 8 nitrogen and oxygen atoms in total. The van der Waals surface area contributed by atoms with Crippen LogP contribution in [0.15, 0.2) is 52.1 Å². The Bertz CT molecular complexity index is 1340. The molecule has 2 N–H and O–H groups in total. The van der Waals surface area contributed by atoms with Crippen molar-refractivity contribution in [2.45, 2.75) is 25.0 Å². The third-order valence-corrected chi connectivity index (χ3v) is 6.34. The maximum Gasteiger partial charge on any atom is 0.277 e. The van der Waals surface area contributed by atoms with Crippen molar-refractivity contribution in [1.82, 2.24) is 25.1 Å². The molecule has 5 rings (SSSR count). The zero-order valence-corrected chi connectivity index (χ0v) is 18.2. The number of amides is 1. The molecule has 0 aliphatic carbocycles. The lowest BCUT2D eigenvalue weighted by molar-refractivity contribution is -0.113. The van der Waals surface area contributed by atoms with Gasteiger partial charge in [-0.25, -0.2) is 9.97 Å². The van der Waals surface area contributed by atoms with Gasteiger partial charge in [-0.2, -0.15) is 0 Å². The van der Waals surface area contributed by atoms with Gasteiger partial charge in [-0.3, -0.25) is 4.79 Å². The van der Waals surface area contributed by atoms with Crippen molar-refractivity contribution in [3.8, 4) is 0 Å². The SMILES string of the molecule is Cc1nc2cc(NC(=O)CSc3nnc(CCc4nc5ccccc5[nH]4)o3)ccc2s1. The molecule has 10 heteroatoms. The average Bonchev–Trinajstić information content (AvgIpc) is 3.47. The summed E-state index contributed by atoms with van der Waals surface area (Å²) >= 11 is 2.84. The van der Waals surface area contributed by atoms with Crippen LogP contribution in [0.3, 0.4) is 0 Å². The van der Waals surface area contributed by atoms with Crippen molar-refractivity contribution >= 4 is 55.9 Å². The summed E-state index contributed by atoms with van der Waals surface area (Å²) in [5, 5.41) is 12.3. The van der Waals surface area contributed by atoms with Crippen LogP contribution in [0, 0.1) is 6.92 Å². The van der Waals surface area contributed by atoms with Gasteiger partial charge in [-0.15, -0.1) is 21.5 Å². The molecule has 1 amide bonds. The normalized spacial score (nSPS) is 11.4. The monoisotopic (exact) mass is 450 g/mol. The number of thioether (sulfide) groups is 1. The van der Waals surface area contributed by atoms with Crippen molar-refractivity contribution < 1.29 is 9.21 Å². The Balaban J connectivity index is 1.13. The molecule has 0 atom stereocenters. The van der Waals surface area contributed by atoms with Crippen LogP contribution in [0.1, 0.15) is 16.7 Å². The highest BCUT2D eigenvalue weighted by Gasteiger charge is 2.12. The first kappa shape index (κ1) is 19.7. The lowest BCUT2D eigenvalue weighted by Crippen LogP contribution is -2.13. The molecule has 0 saturated carbocycles. The highest BCUT2D eigenvalue weighted by molar-refractivity contribution is 7.99. The third kappa shape index (κ3) is 4.59. The van der Waals surface area contributed by atoms with Gasteiger partial charge in [0.15, 0.2) is 0 Å². The number of benzene rings is 2. The molecule has 0 aliphatic rings. The van der Waals surface area contributed by atoms with Gasteiger partial charge in [0.1, 0.15) is 5.82 Å². The van der Waals surface area contributed by atoms with Gasteiger partial charge in [0.05, 0.1) is 32.0 Å². The molecule has 0 spiro atoms. The van der Waals surface area contributed by atoms with Gasteiger partial charge in [0, 0.05) is 18.5 Å². The zero-order chi connectivity index (χ0) is 21.2. The number of rotatable bonds is 7. The Hall–Kier alpha value is -3.24. The largest absolute Gasteiger partial charge is 0.416 e. The molecule has 0 fully saturated rings. The molecule has 2 aromatic carbocycles. The summed E-state index contributed by atoms with van der Waals surface area (Å²) in [6.07, 6.45) is 1.24. The van der Waals surface area contributed by atoms with Crippen LogP contribution in [0.4, 0.5) is 5.69 Å². The van der Waals surface area contributed by atoms with Crippen LogP contribution in [-0.2, 0) is 17.6 Å². The molecule has 0 unspecified atom stereocenters. The first-order valence-electron chi connectivity index (χ1n) is 9.68. The van der Waals surface area contributed by atoms with E-state index in [1.54, 1.807) is 11.3 Å². The standard InChI is InChI=1S/C21H18N6O2S2/c1-12-22-16-10-13(6-7-17(16)31-12)23-19(28)11-30-21-27-26-20(29-21)9-8-18-24-14-4-2-3-5-15(14)25-18/h2-7,10H,8-9,11H2,1H3,(H,23,28)(H,24,25). The molecule has 5 aromatic rings. The van der Waals surface area contributed by atoms with Crippen LogP contribution in [0.25, 0.3) is 21.3 Å². The van der Waals surface area contributed by atoms with Crippen LogP contribution in [-0.4, -0.2) is 36.8 Å². The van der Waals surface area contributed by atoms with E-state index >= 15 is 0 Å². The summed E-state index contributed by atoms with van der Waals surface area (Å²) in [5.41, 5.74) is 3.56. The number of anilines is 1. The zero-order valence-electron chi connectivity index (χ0n) is 16.6. The minimum Gasteiger partial charge on any atom is -0.416 e. The number of thiazole rings is 1. The predicted molar refractivity (Wildman–Crippen MR) is 122 cm³/mol. The number of aromatic nitrogens is 5. The predicted octanol–water partition coefficient (Wildman–Crippen LogP) is 4.38. The Kier molecular flexibility index (Phi) is 5.39. The van der Waals surface area contributed by atoms with Crippen LogP contribution < -0.4 is 5.32 Å². The fourth-order valence-electron chi connectivity index (χ4n) is 3.19. The summed E-state index contributed by atoms with van der Waals surface area (Å²) in [6, 6.07) is 13.6. The molecular weight excluding hydrogens is 432 g/mol. The van der Waals surface area contributed by atoms with Crippen molar-refractivity contribution in [3.05, 3.63) is 59.2 Å². The number of aryl methyl sites for hydroxylation is 3. The molecule has 3 aromatic heterocycles. The minimum absolute atomic E-state index is 0.140.